The highest BCUT2D eigenvalue weighted by Crippen LogP contribution is 2.29. The Morgan fingerprint density at radius 3 is 2.33 bits per heavy atom. The summed E-state index contributed by atoms with van der Waals surface area (Å²) in [6.07, 6.45) is 5.00. The minimum Gasteiger partial charge on any atom is -0.478 e. The van der Waals surface area contributed by atoms with Crippen LogP contribution in [-0.4, -0.2) is 59.0 Å². The summed E-state index contributed by atoms with van der Waals surface area (Å²) in [6.45, 7) is 8.30. The van der Waals surface area contributed by atoms with Crippen molar-refractivity contribution < 1.29 is 14.7 Å². The number of carbonyl (C=O) groups is 2. The Labute approximate surface area is 162 Å². The number of hydrogen-bond donors (Lipinski definition) is 1. The molecule has 1 amide bonds. The summed E-state index contributed by atoms with van der Waals surface area (Å²) in [4.78, 5) is 28.4. The molecule has 1 aromatic rings. The highest BCUT2D eigenvalue weighted by Gasteiger charge is 2.28. The predicted molar refractivity (Wildman–Crippen MR) is 106 cm³/mol. The van der Waals surface area contributed by atoms with E-state index in [1.165, 1.54) is 0 Å². The number of piperidine rings is 2. The third-order valence-corrected chi connectivity index (χ3v) is 6.25. The van der Waals surface area contributed by atoms with E-state index in [-0.39, 0.29) is 0 Å². The Hall–Kier alpha value is -1.88. The molecule has 1 atom stereocenters. The third-order valence-electron chi connectivity index (χ3n) is 6.25. The number of rotatable bonds is 5. The first-order valence-electron chi connectivity index (χ1n) is 10.3. The molecule has 5 nitrogen and oxygen atoms in total. The average Bonchev–Trinajstić information content (AvgIpc) is 2.68. The van der Waals surface area contributed by atoms with Gasteiger partial charge in [-0.2, -0.15) is 0 Å². The monoisotopic (exact) mass is 372 g/mol. The molecule has 0 radical (unpaired) electrons. The molecule has 2 saturated heterocycles. The maximum absolute atomic E-state index is 12.8. The second kappa shape index (κ2) is 8.87. The van der Waals surface area contributed by atoms with Crippen LogP contribution < -0.4 is 0 Å². The van der Waals surface area contributed by atoms with Gasteiger partial charge in [-0.1, -0.05) is 12.1 Å². The van der Waals surface area contributed by atoms with Gasteiger partial charge < -0.3 is 14.9 Å². The van der Waals surface area contributed by atoms with Gasteiger partial charge in [0.1, 0.15) is 0 Å². The Bertz CT molecular complexity index is 648. The van der Waals surface area contributed by atoms with E-state index in [2.05, 4.69) is 18.7 Å². The second-order valence-electron chi connectivity index (χ2n) is 8.38. The SMILES string of the molecule is CC(C)N1CCC(CC(=O)N2CCCC(c3ccc(C(=O)O)cc3)C2)CC1. The Balaban J connectivity index is 1.53. The number of hydrogen-bond acceptors (Lipinski definition) is 3. The molecule has 0 aromatic heterocycles. The maximum atomic E-state index is 12.8. The van der Waals surface area contributed by atoms with Crippen molar-refractivity contribution >= 4 is 11.9 Å². The molecule has 3 rings (SSSR count). The molecule has 2 aliphatic rings. The molecular formula is C22H32N2O3. The fourth-order valence-electron chi connectivity index (χ4n) is 4.42. The van der Waals surface area contributed by atoms with Crippen LogP contribution in [0, 0.1) is 5.92 Å². The standard InChI is InChI=1S/C22H32N2O3/c1-16(2)23-12-9-17(10-13-23)14-21(25)24-11-3-4-20(15-24)18-5-7-19(8-6-18)22(26)27/h5-8,16-17,20H,3-4,9-15H2,1-2H3,(H,26,27). The van der Waals surface area contributed by atoms with Crippen LogP contribution in [0.1, 0.15) is 67.8 Å². The quantitative estimate of drug-likeness (QED) is 0.858. The lowest BCUT2D eigenvalue weighted by molar-refractivity contribution is -0.133. The largest absolute Gasteiger partial charge is 0.478 e. The van der Waals surface area contributed by atoms with Gasteiger partial charge in [0.2, 0.25) is 5.91 Å². The highest BCUT2D eigenvalue weighted by molar-refractivity contribution is 5.87. The summed E-state index contributed by atoms with van der Waals surface area (Å²) < 4.78 is 0. The third kappa shape index (κ3) is 5.10. The lowest BCUT2D eigenvalue weighted by atomic mass is 9.88. The first-order valence-corrected chi connectivity index (χ1v) is 10.3. The Kier molecular flexibility index (Phi) is 6.53. The van der Waals surface area contributed by atoms with Crippen LogP contribution in [0.15, 0.2) is 24.3 Å². The summed E-state index contributed by atoms with van der Waals surface area (Å²) in [5.41, 5.74) is 1.46. The predicted octanol–water partition coefficient (Wildman–Crippen LogP) is 3.60. The number of carbonyl (C=O) groups excluding carboxylic acids is 1. The van der Waals surface area contributed by atoms with E-state index in [1.807, 2.05) is 17.0 Å². The molecular weight excluding hydrogens is 340 g/mol. The zero-order chi connectivity index (χ0) is 19.4. The number of benzene rings is 1. The molecule has 0 spiro atoms. The second-order valence-corrected chi connectivity index (χ2v) is 8.38. The smallest absolute Gasteiger partial charge is 0.335 e. The summed E-state index contributed by atoms with van der Waals surface area (Å²) >= 11 is 0. The first kappa shape index (κ1) is 19.9. The normalized spacial score (nSPS) is 22.2. The van der Waals surface area contributed by atoms with Gasteiger partial charge in [-0.15, -0.1) is 0 Å². The van der Waals surface area contributed by atoms with E-state index in [4.69, 9.17) is 5.11 Å². The molecule has 0 aliphatic carbocycles. The molecule has 5 heteroatoms. The van der Waals surface area contributed by atoms with E-state index in [9.17, 15) is 9.59 Å². The van der Waals surface area contributed by atoms with Crippen molar-refractivity contribution in [1.82, 2.24) is 9.80 Å². The van der Waals surface area contributed by atoms with Crippen molar-refractivity contribution in [3.63, 3.8) is 0 Å². The van der Waals surface area contributed by atoms with Gasteiger partial charge in [0.15, 0.2) is 0 Å². The average molecular weight is 373 g/mol. The summed E-state index contributed by atoms with van der Waals surface area (Å²) in [5.74, 6) is 0.228. The Morgan fingerprint density at radius 1 is 1.07 bits per heavy atom. The summed E-state index contributed by atoms with van der Waals surface area (Å²) in [7, 11) is 0. The van der Waals surface area contributed by atoms with E-state index >= 15 is 0 Å². The highest BCUT2D eigenvalue weighted by atomic mass is 16.4. The van der Waals surface area contributed by atoms with Crippen molar-refractivity contribution in [3.8, 4) is 0 Å². The van der Waals surface area contributed by atoms with Crippen LogP contribution in [0.3, 0.4) is 0 Å². The summed E-state index contributed by atoms with van der Waals surface area (Å²) in [6, 6.07) is 7.74. The lowest BCUT2D eigenvalue weighted by Crippen LogP contribution is -2.42. The molecule has 0 bridgehead atoms. The molecule has 148 valence electrons. The fourth-order valence-corrected chi connectivity index (χ4v) is 4.42. The number of carboxylic acid groups (broad SMARTS) is 1. The van der Waals surface area contributed by atoms with Crippen molar-refractivity contribution in [2.24, 2.45) is 5.92 Å². The van der Waals surface area contributed by atoms with Gasteiger partial charge in [-0.3, -0.25) is 4.79 Å². The van der Waals surface area contributed by atoms with Gasteiger partial charge in [0, 0.05) is 31.5 Å². The van der Waals surface area contributed by atoms with E-state index in [0.717, 1.165) is 57.4 Å². The van der Waals surface area contributed by atoms with Crippen LogP contribution in [0.4, 0.5) is 0 Å². The molecule has 1 aromatic carbocycles. The van der Waals surface area contributed by atoms with Gasteiger partial charge in [0.25, 0.3) is 0 Å². The zero-order valence-electron chi connectivity index (χ0n) is 16.6. The molecule has 2 aliphatic heterocycles. The van der Waals surface area contributed by atoms with Crippen molar-refractivity contribution in [2.75, 3.05) is 26.2 Å². The van der Waals surface area contributed by atoms with Crippen molar-refractivity contribution in [2.45, 2.75) is 57.9 Å². The van der Waals surface area contributed by atoms with Crippen LogP contribution in [0.2, 0.25) is 0 Å². The minimum atomic E-state index is -0.898. The van der Waals surface area contributed by atoms with E-state index in [1.54, 1.807) is 12.1 Å². The zero-order valence-corrected chi connectivity index (χ0v) is 16.6. The van der Waals surface area contributed by atoms with Crippen LogP contribution in [-0.2, 0) is 4.79 Å². The van der Waals surface area contributed by atoms with Gasteiger partial charge in [0.05, 0.1) is 5.56 Å². The van der Waals surface area contributed by atoms with Crippen LogP contribution in [0.5, 0.6) is 0 Å². The topological polar surface area (TPSA) is 60.9 Å². The fraction of sp³-hybridized carbons (Fsp3) is 0.636. The van der Waals surface area contributed by atoms with Crippen LogP contribution >= 0.6 is 0 Å². The number of amides is 1. The Morgan fingerprint density at radius 2 is 1.74 bits per heavy atom. The molecule has 2 fully saturated rings. The van der Waals surface area contributed by atoms with Gasteiger partial charge >= 0.3 is 5.97 Å². The minimum absolute atomic E-state index is 0.296. The van der Waals surface area contributed by atoms with Crippen molar-refractivity contribution in [3.05, 3.63) is 35.4 Å². The number of aromatic carboxylic acids is 1. The molecule has 2 heterocycles. The van der Waals surface area contributed by atoms with Crippen LogP contribution in [0.25, 0.3) is 0 Å². The first-order chi connectivity index (χ1) is 12.9. The van der Waals surface area contributed by atoms with E-state index < -0.39 is 5.97 Å². The molecule has 27 heavy (non-hydrogen) atoms. The summed E-state index contributed by atoms with van der Waals surface area (Å²) in [5, 5.41) is 9.05. The molecule has 0 saturated carbocycles. The van der Waals surface area contributed by atoms with Crippen molar-refractivity contribution in [1.29, 1.82) is 0 Å². The molecule has 1 unspecified atom stereocenters. The van der Waals surface area contributed by atoms with E-state index in [0.29, 0.717) is 35.8 Å². The van der Waals surface area contributed by atoms with Gasteiger partial charge in [-0.25, -0.2) is 4.79 Å². The number of carboxylic acids is 1. The number of nitrogens with zero attached hydrogens (tertiary/aromatic N) is 2. The maximum Gasteiger partial charge on any atom is 0.335 e. The number of likely N-dealkylation sites (tertiary alicyclic amines) is 2. The van der Waals surface area contributed by atoms with Gasteiger partial charge in [-0.05, 0) is 76.2 Å². The molecule has 1 N–H and O–H groups in total. The lowest BCUT2D eigenvalue weighted by Gasteiger charge is -2.37.